The molecule has 0 aliphatic rings. The minimum atomic E-state index is -0.617. The summed E-state index contributed by atoms with van der Waals surface area (Å²) in [5, 5.41) is 3.03. The van der Waals surface area contributed by atoms with Gasteiger partial charge in [-0.2, -0.15) is 0 Å². The largest absolute Gasteiger partial charge is 0.481 e. The Morgan fingerprint density at radius 3 is 2.32 bits per heavy atom. The summed E-state index contributed by atoms with van der Waals surface area (Å²) in [4.78, 5) is 11.8. The zero-order chi connectivity index (χ0) is 14.4. The van der Waals surface area contributed by atoms with Gasteiger partial charge in [-0.15, -0.1) is 0 Å². The number of carbonyl (C=O) groups is 1. The van der Waals surface area contributed by atoms with Gasteiger partial charge in [0.05, 0.1) is 0 Å². The van der Waals surface area contributed by atoms with E-state index in [0.717, 1.165) is 11.1 Å². The van der Waals surface area contributed by atoms with Crippen molar-refractivity contribution >= 4 is 23.2 Å². The highest BCUT2D eigenvalue weighted by atomic mass is 32.1. The first-order chi connectivity index (χ1) is 8.92. The SMILES string of the molecule is CNC(=S)NNC(=O)C(C)Oc1cc(C)cc(C)c1. The van der Waals surface area contributed by atoms with Gasteiger partial charge in [-0.05, 0) is 56.2 Å². The lowest BCUT2D eigenvalue weighted by Gasteiger charge is -2.16. The number of hydrazine groups is 1. The molecule has 0 heterocycles. The fourth-order valence-corrected chi connectivity index (χ4v) is 1.59. The van der Waals surface area contributed by atoms with E-state index in [4.69, 9.17) is 17.0 Å². The van der Waals surface area contributed by atoms with Crippen LogP contribution in [-0.2, 0) is 4.79 Å². The van der Waals surface area contributed by atoms with Crippen LogP contribution >= 0.6 is 12.2 Å². The average Bonchev–Trinajstić information content (AvgIpc) is 2.33. The summed E-state index contributed by atoms with van der Waals surface area (Å²) >= 11 is 4.85. The molecule has 3 N–H and O–H groups in total. The molecule has 1 atom stereocenters. The maximum Gasteiger partial charge on any atom is 0.279 e. The molecule has 19 heavy (non-hydrogen) atoms. The van der Waals surface area contributed by atoms with E-state index in [-0.39, 0.29) is 5.91 Å². The number of amides is 1. The van der Waals surface area contributed by atoms with Gasteiger partial charge in [0.1, 0.15) is 5.75 Å². The molecule has 1 unspecified atom stereocenters. The molecule has 1 aromatic rings. The molecule has 1 rings (SSSR count). The summed E-state index contributed by atoms with van der Waals surface area (Å²) in [5.41, 5.74) is 7.22. The second-order valence-corrected chi connectivity index (χ2v) is 4.69. The van der Waals surface area contributed by atoms with Crippen LogP contribution in [0, 0.1) is 13.8 Å². The van der Waals surface area contributed by atoms with Crippen molar-refractivity contribution in [2.45, 2.75) is 26.9 Å². The maximum atomic E-state index is 11.8. The van der Waals surface area contributed by atoms with Crippen LogP contribution in [0.25, 0.3) is 0 Å². The summed E-state index contributed by atoms with van der Waals surface area (Å²) in [7, 11) is 1.66. The molecule has 0 saturated heterocycles. The Bertz CT molecular complexity index is 457. The van der Waals surface area contributed by atoms with E-state index in [1.165, 1.54) is 0 Å². The summed E-state index contributed by atoms with van der Waals surface area (Å²) in [6, 6.07) is 5.83. The molecule has 0 aliphatic heterocycles. The fraction of sp³-hybridized carbons (Fsp3) is 0.385. The highest BCUT2D eigenvalue weighted by Gasteiger charge is 2.14. The van der Waals surface area contributed by atoms with Gasteiger partial charge in [-0.3, -0.25) is 15.6 Å². The Balaban J connectivity index is 2.56. The van der Waals surface area contributed by atoms with E-state index in [9.17, 15) is 4.79 Å². The van der Waals surface area contributed by atoms with Crippen LogP contribution in [0.15, 0.2) is 18.2 Å². The smallest absolute Gasteiger partial charge is 0.279 e. The van der Waals surface area contributed by atoms with Crippen LogP contribution in [0.4, 0.5) is 0 Å². The van der Waals surface area contributed by atoms with E-state index in [2.05, 4.69) is 16.2 Å². The van der Waals surface area contributed by atoms with Crippen molar-refractivity contribution in [2.75, 3.05) is 7.05 Å². The first-order valence-electron chi connectivity index (χ1n) is 5.95. The van der Waals surface area contributed by atoms with Crippen molar-refractivity contribution < 1.29 is 9.53 Å². The van der Waals surface area contributed by atoms with Crippen LogP contribution < -0.4 is 20.9 Å². The van der Waals surface area contributed by atoms with Gasteiger partial charge in [0.25, 0.3) is 5.91 Å². The van der Waals surface area contributed by atoms with Gasteiger partial charge < -0.3 is 10.1 Å². The van der Waals surface area contributed by atoms with Gasteiger partial charge in [0.2, 0.25) is 0 Å². The summed E-state index contributed by atoms with van der Waals surface area (Å²) in [6.07, 6.45) is -0.617. The minimum Gasteiger partial charge on any atom is -0.481 e. The second kappa shape index (κ2) is 6.94. The first kappa shape index (κ1) is 15.2. The predicted octanol–water partition coefficient (Wildman–Crippen LogP) is 1.20. The molecule has 0 bridgehead atoms. The minimum absolute atomic E-state index is 0.295. The van der Waals surface area contributed by atoms with E-state index >= 15 is 0 Å². The quantitative estimate of drug-likeness (QED) is 0.574. The lowest BCUT2D eigenvalue weighted by atomic mass is 10.1. The van der Waals surface area contributed by atoms with E-state index in [1.807, 2.05) is 32.0 Å². The van der Waals surface area contributed by atoms with E-state index < -0.39 is 6.10 Å². The van der Waals surface area contributed by atoms with Crippen LogP contribution in [-0.4, -0.2) is 24.2 Å². The highest BCUT2D eigenvalue weighted by molar-refractivity contribution is 7.80. The molecule has 0 fully saturated rings. The van der Waals surface area contributed by atoms with Gasteiger partial charge in [0, 0.05) is 7.05 Å². The molecule has 104 valence electrons. The fourth-order valence-electron chi connectivity index (χ4n) is 1.54. The summed E-state index contributed by atoms with van der Waals surface area (Å²) < 4.78 is 5.59. The molecule has 0 saturated carbocycles. The normalized spacial score (nSPS) is 11.4. The molecule has 0 aliphatic carbocycles. The van der Waals surface area contributed by atoms with Gasteiger partial charge in [0.15, 0.2) is 11.2 Å². The van der Waals surface area contributed by atoms with Gasteiger partial charge in [-0.25, -0.2) is 0 Å². The standard InChI is InChI=1S/C13H19N3O2S/c1-8-5-9(2)7-11(6-8)18-10(3)12(17)15-16-13(19)14-4/h5-7,10H,1-4H3,(H,15,17)(H2,14,16,19). The second-order valence-electron chi connectivity index (χ2n) is 4.28. The third-order valence-corrected chi connectivity index (χ3v) is 2.71. The predicted molar refractivity (Wildman–Crippen MR) is 78.9 cm³/mol. The first-order valence-corrected chi connectivity index (χ1v) is 6.35. The third-order valence-electron chi connectivity index (χ3n) is 2.40. The van der Waals surface area contributed by atoms with E-state index in [0.29, 0.717) is 10.9 Å². The van der Waals surface area contributed by atoms with E-state index in [1.54, 1.807) is 14.0 Å². The van der Waals surface area contributed by atoms with Crippen LogP contribution in [0.5, 0.6) is 5.75 Å². The number of aryl methyl sites for hydroxylation is 2. The number of thiocarbonyl (C=S) groups is 1. The van der Waals surface area contributed by atoms with Crippen molar-refractivity contribution in [1.29, 1.82) is 0 Å². The summed E-state index contributed by atoms with van der Waals surface area (Å²) in [6.45, 7) is 5.64. The summed E-state index contributed by atoms with van der Waals surface area (Å²) in [5.74, 6) is 0.383. The van der Waals surface area contributed by atoms with Crippen molar-refractivity contribution in [3.8, 4) is 5.75 Å². The zero-order valence-corrected chi connectivity index (χ0v) is 12.4. The van der Waals surface area contributed by atoms with Gasteiger partial charge in [-0.1, -0.05) is 6.07 Å². The average molecular weight is 281 g/mol. The van der Waals surface area contributed by atoms with Crippen LogP contribution in [0.2, 0.25) is 0 Å². The number of hydrogen-bond acceptors (Lipinski definition) is 3. The van der Waals surface area contributed by atoms with Crippen molar-refractivity contribution in [2.24, 2.45) is 0 Å². The lowest BCUT2D eigenvalue weighted by Crippen LogP contribution is -2.49. The Morgan fingerprint density at radius 2 is 1.79 bits per heavy atom. The molecule has 6 heteroatoms. The van der Waals surface area contributed by atoms with Crippen LogP contribution in [0.3, 0.4) is 0 Å². The topological polar surface area (TPSA) is 62.4 Å². The monoisotopic (exact) mass is 281 g/mol. The number of hydrogen-bond donors (Lipinski definition) is 3. The molecule has 0 aromatic heterocycles. The number of carbonyl (C=O) groups excluding carboxylic acids is 1. The Labute approximate surface area is 118 Å². The number of ether oxygens (including phenoxy) is 1. The maximum absolute atomic E-state index is 11.8. The highest BCUT2D eigenvalue weighted by Crippen LogP contribution is 2.17. The van der Waals surface area contributed by atoms with Crippen molar-refractivity contribution in [3.63, 3.8) is 0 Å². The zero-order valence-electron chi connectivity index (χ0n) is 11.5. The molecule has 1 aromatic carbocycles. The van der Waals surface area contributed by atoms with Gasteiger partial charge >= 0.3 is 0 Å². The lowest BCUT2D eigenvalue weighted by molar-refractivity contribution is -0.127. The molecule has 0 radical (unpaired) electrons. The number of rotatable bonds is 3. The Kier molecular flexibility index (Phi) is 5.57. The van der Waals surface area contributed by atoms with Crippen LogP contribution in [0.1, 0.15) is 18.1 Å². The number of nitrogens with one attached hydrogen (secondary N) is 3. The molecule has 5 nitrogen and oxygen atoms in total. The Hall–Kier alpha value is -1.82. The number of benzene rings is 1. The van der Waals surface area contributed by atoms with Crippen molar-refractivity contribution in [1.82, 2.24) is 16.2 Å². The molecular weight excluding hydrogens is 262 g/mol. The Morgan fingerprint density at radius 1 is 1.21 bits per heavy atom. The van der Waals surface area contributed by atoms with Crippen molar-refractivity contribution in [3.05, 3.63) is 29.3 Å². The molecule has 0 spiro atoms. The third kappa shape index (κ3) is 5.13. The molecular formula is C13H19N3O2S. The molecule has 1 amide bonds.